The van der Waals surface area contributed by atoms with Gasteiger partial charge < -0.3 is 19.3 Å². The first-order valence-corrected chi connectivity index (χ1v) is 9.58. The summed E-state index contributed by atoms with van der Waals surface area (Å²) in [5.41, 5.74) is 2.11. The van der Waals surface area contributed by atoms with Crippen molar-refractivity contribution in [3.63, 3.8) is 0 Å². The van der Waals surface area contributed by atoms with Crippen molar-refractivity contribution in [2.24, 2.45) is 0 Å². The molecule has 3 heterocycles. The second-order valence-corrected chi connectivity index (χ2v) is 7.51. The van der Waals surface area contributed by atoms with Crippen molar-refractivity contribution in [3.8, 4) is 0 Å². The van der Waals surface area contributed by atoms with Crippen LogP contribution in [0.4, 0.5) is 11.8 Å². The number of carbonyl (C=O) groups is 1. The van der Waals surface area contributed by atoms with Crippen LogP contribution < -0.4 is 9.80 Å². The summed E-state index contributed by atoms with van der Waals surface area (Å²) in [4.78, 5) is 28.6. The van der Waals surface area contributed by atoms with E-state index >= 15 is 0 Å². The van der Waals surface area contributed by atoms with Gasteiger partial charge in [-0.15, -0.1) is 0 Å². The van der Waals surface area contributed by atoms with Gasteiger partial charge in [-0.3, -0.25) is 4.79 Å². The summed E-state index contributed by atoms with van der Waals surface area (Å²) in [6.07, 6.45) is 6.55. The van der Waals surface area contributed by atoms with Crippen LogP contribution in [-0.4, -0.2) is 60.1 Å². The molecular formula is C20H30N6O. The molecule has 0 unspecified atom stereocenters. The van der Waals surface area contributed by atoms with E-state index in [0.717, 1.165) is 36.3 Å². The molecule has 7 heteroatoms. The van der Waals surface area contributed by atoms with Crippen LogP contribution in [-0.2, 0) is 17.8 Å². The van der Waals surface area contributed by atoms with Gasteiger partial charge in [-0.25, -0.2) is 4.98 Å². The van der Waals surface area contributed by atoms with Crippen molar-refractivity contribution in [1.82, 2.24) is 19.4 Å². The normalized spacial score (nSPS) is 14.6. The maximum Gasteiger partial charge on any atom is 0.245 e. The molecule has 2 aromatic heterocycles. The van der Waals surface area contributed by atoms with Crippen LogP contribution in [0.5, 0.6) is 0 Å². The summed E-state index contributed by atoms with van der Waals surface area (Å²) in [7, 11) is 7.89. The van der Waals surface area contributed by atoms with E-state index in [4.69, 9.17) is 9.97 Å². The van der Waals surface area contributed by atoms with Crippen molar-refractivity contribution in [3.05, 3.63) is 35.8 Å². The summed E-state index contributed by atoms with van der Waals surface area (Å²) in [5, 5.41) is 0. The quantitative estimate of drug-likeness (QED) is 0.781. The van der Waals surface area contributed by atoms with Gasteiger partial charge in [0.15, 0.2) is 0 Å². The Morgan fingerprint density at radius 1 is 1.15 bits per heavy atom. The predicted molar refractivity (Wildman–Crippen MR) is 108 cm³/mol. The van der Waals surface area contributed by atoms with Crippen LogP contribution in [0.3, 0.4) is 0 Å². The number of carbonyl (C=O) groups excluding carboxylic acids is 1. The molecule has 0 radical (unpaired) electrons. The molecule has 7 nitrogen and oxygen atoms in total. The van der Waals surface area contributed by atoms with Gasteiger partial charge in [-0.2, -0.15) is 4.98 Å². The van der Waals surface area contributed by atoms with Crippen molar-refractivity contribution < 1.29 is 4.79 Å². The molecule has 0 aromatic carbocycles. The molecule has 0 saturated carbocycles. The number of nitrogens with zero attached hydrogens (tertiary/aromatic N) is 6. The molecule has 0 spiro atoms. The molecule has 3 rings (SSSR count). The van der Waals surface area contributed by atoms with Gasteiger partial charge in [0.05, 0.1) is 12.2 Å². The summed E-state index contributed by atoms with van der Waals surface area (Å²) < 4.78 is 2.03. The van der Waals surface area contributed by atoms with Gasteiger partial charge >= 0.3 is 0 Å². The number of rotatable bonds is 6. The third-order valence-electron chi connectivity index (χ3n) is 5.00. The average molecular weight is 371 g/mol. The molecular weight excluding hydrogens is 340 g/mol. The third kappa shape index (κ3) is 3.91. The number of amides is 1. The Balaban J connectivity index is 1.89. The molecule has 1 aliphatic rings. The average Bonchev–Trinajstić information content (AvgIpc) is 3.18. The van der Waals surface area contributed by atoms with Crippen molar-refractivity contribution in [1.29, 1.82) is 0 Å². The SMILES string of the molecule is CCC[C@H](C(=O)N1CCc2c(nc(N(C)C)nc2N(C)C)C1)n1cccc1. The van der Waals surface area contributed by atoms with Crippen LogP contribution in [0.25, 0.3) is 0 Å². The van der Waals surface area contributed by atoms with E-state index < -0.39 is 0 Å². The fourth-order valence-electron chi connectivity index (χ4n) is 3.60. The summed E-state index contributed by atoms with van der Waals surface area (Å²) in [6, 6.07) is 3.80. The molecule has 0 saturated heterocycles. The van der Waals surface area contributed by atoms with Crippen LogP contribution in [0, 0.1) is 0 Å². The Hall–Kier alpha value is -2.57. The number of hydrogen-bond acceptors (Lipinski definition) is 5. The number of anilines is 2. The largest absolute Gasteiger partial charge is 0.362 e. The monoisotopic (exact) mass is 370 g/mol. The standard InChI is InChI=1S/C20H30N6O/c1-6-9-17(25-11-7-8-12-25)19(27)26-13-10-15-16(14-26)21-20(24(4)5)22-18(15)23(2)3/h7-8,11-12,17H,6,9-10,13-14H2,1-5H3/t17-/m1/s1. The summed E-state index contributed by atoms with van der Waals surface area (Å²) >= 11 is 0. The van der Waals surface area contributed by atoms with Crippen LogP contribution in [0.2, 0.25) is 0 Å². The smallest absolute Gasteiger partial charge is 0.245 e. The lowest BCUT2D eigenvalue weighted by Gasteiger charge is -2.33. The molecule has 1 aliphatic heterocycles. The first-order valence-electron chi connectivity index (χ1n) is 9.58. The van der Waals surface area contributed by atoms with Crippen molar-refractivity contribution >= 4 is 17.7 Å². The minimum absolute atomic E-state index is 0.143. The second-order valence-electron chi connectivity index (χ2n) is 7.51. The molecule has 1 amide bonds. The third-order valence-corrected chi connectivity index (χ3v) is 5.00. The fourth-order valence-corrected chi connectivity index (χ4v) is 3.60. The highest BCUT2D eigenvalue weighted by atomic mass is 16.2. The van der Waals surface area contributed by atoms with E-state index in [1.165, 1.54) is 0 Å². The predicted octanol–water partition coefficient (Wildman–Crippen LogP) is 2.34. The van der Waals surface area contributed by atoms with E-state index in [9.17, 15) is 4.79 Å². The second kappa shape index (κ2) is 7.98. The molecule has 27 heavy (non-hydrogen) atoms. The zero-order chi connectivity index (χ0) is 19.6. The lowest BCUT2D eigenvalue weighted by atomic mass is 10.0. The Morgan fingerprint density at radius 3 is 2.44 bits per heavy atom. The van der Waals surface area contributed by atoms with Crippen LogP contribution in [0.15, 0.2) is 24.5 Å². The van der Waals surface area contributed by atoms with Gasteiger partial charge in [0.25, 0.3) is 0 Å². The minimum atomic E-state index is -0.143. The highest BCUT2D eigenvalue weighted by molar-refractivity contribution is 5.81. The molecule has 2 aromatic rings. The van der Waals surface area contributed by atoms with Crippen LogP contribution >= 0.6 is 0 Å². The maximum atomic E-state index is 13.3. The zero-order valence-electron chi connectivity index (χ0n) is 17.0. The fraction of sp³-hybridized carbons (Fsp3) is 0.550. The molecule has 0 fully saturated rings. The van der Waals surface area contributed by atoms with E-state index in [-0.39, 0.29) is 11.9 Å². The first kappa shape index (κ1) is 19.2. The van der Waals surface area contributed by atoms with E-state index in [2.05, 4.69) is 6.92 Å². The molecule has 0 aliphatic carbocycles. The lowest BCUT2D eigenvalue weighted by Crippen LogP contribution is -2.41. The maximum absolute atomic E-state index is 13.3. The van der Waals surface area contributed by atoms with Gasteiger partial charge in [0, 0.05) is 52.7 Å². The number of aromatic nitrogens is 3. The van der Waals surface area contributed by atoms with Crippen molar-refractivity contribution in [2.75, 3.05) is 44.5 Å². The number of hydrogen-bond donors (Lipinski definition) is 0. The summed E-state index contributed by atoms with van der Waals surface area (Å²) in [6.45, 7) is 3.37. The topological polar surface area (TPSA) is 57.5 Å². The Kier molecular flexibility index (Phi) is 5.68. The van der Waals surface area contributed by atoms with Crippen LogP contribution in [0.1, 0.15) is 37.1 Å². The van der Waals surface area contributed by atoms with Crippen molar-refractivity contribution in [2.45, 2.75) is 38.8 Å². The molecule has 0 N–H and O–H groups in total. The molecule has 1 atom stereocenters. The first-order chi connectivity index (χ1) is 12.9. The van der Waals surface area contributed by atoms with E-state index in [0.29, 0.717) is 19.0 Å². The highest BCUT2D eigenvalue weighted by Crippen LogP contribution is 2.29. The number of fused-ring (bicyclic) bond motifs is 1. The lowest BCUT2D eigenvalue weighted by molar-refractivity contribution is -0.136. The molecule has 0 bridgehead atoms. The van der Waals surface area contributed by atoms with E-state index in [1.807, 2.05) is 72.0 Å². The zero-order valence-corrected chi connectivity index (χ0v) is 17.0. The minimum Gasteiger partial charge on any atom is -0.362 e. The highest BCUT2D eigenvalue weighted by Gasteiger charge is 2.30. The van der Waals surface area contributed by atoms with Gasteiger partial charge in [0.1, 0.15) is 11.9 Å². The summed E-state index contributed by atoms with van der Waals surface area (Å²) in [5.74, 6) is 1.81. The van der Waals surface area contributed by atoms with E-state index in [1.54, 1.807) is 0 Å². The Morgan fingerprint density at radius 2 is 1.85 bits per heavy atom. The van der Waals surface area contributed by atoms with Gasteiger partial charge in [0.2, 0.25) is 11.9 Å². The van der Waals surface area contributed by atoms with Gasteiger partial charge in [-0.05, 0) is 25.0 Å². The van der Waals surface area contributed by atoms with Gasteiger partial charge in [-0.1, -0.05) is 13.3 Å². The molecule has 146 valence electrons. The Bertz CT molecular complexity index is 784. The Labute approximate surface area is 161 Å².